The van der Waals surface area contributed by atoms with Gasteiger partial charge in [-0.25, -0.2) is 0 Å². The third-order valence-corrected chi connectivity index (χ3v) is 22.7. The van der Waals surface area contributed by atoms with Crippen molar-refractivity contribution in [3.8, 4) is 12.3 Å². The lowest BCUT2D eigenvalue weighted by Gasteiger charge is -2.45. The van der Waals surface area contributed by atoms with Gasteiger partial charge in [0.15, 0.2) is 25.0 Å². The summed E-state index contributed by atoms with van der Waals surface area (Å²) in [5, 5.41) is 0.471. The molecule has 0 saturated carbocycles. The zero-order chi connectivity index (χ0) is 28.8. The van der Waals surface area contributed by atoms with E-state index >= 15 is 0 Å². The standard InChI is InChI=1S/C30H62O3Si3/c1-18-22-27(33-36(16,17)30(9,10)11)25(26(19-2)32-35(14,15)29(6,7)8)23-20-21-24-31-34(12,13)28(3,4)5/h1,19,25-27H,2,20-24H2,3-17H3/t25-,26-,27-/m1/s1. The first-order valence-corrected chi connectivity index (χ1v) is 22.7. The van der Waals surface area contributed by atoms with Crippen molar-refractivity contribution in [2.75, 3.05) is 6.61 Å². The lowest BCUT2D eigenvalue weighted by Crippen LogP contribution is -2.50. The summed E-state index contributed by atoms with van der Waals surface area (Å²) in [6, 6.07) is 0. The second-order valence-corrected chi connectivity index (χ2v) is 29.5. The topological polar surface area (TPSA) is 27.7 Å². The van der Waals surface area contributed by atoms with Crippen LogP contribution in [0.4, 0.5) is 0 Å². The zero-order valence-corrected chi connectivity index (χ0v) is 29.9. The van der Waals surface area contributed by atoms with E-state index in [1.54, 1.807) is 0 Å². The summed E-state index contributed by atoms with van der Waals surface area (Å²) >= 11 is 0. The van der Waals surface area contributed by atoms with Crippen molar-refractivity contribution in [1.82, 2.24) is 0 Å². The van der Waals surface area contributed by atoms with E-state index in [4.69, 9.17) is 19.7 Å². The highest BCUT2D eigenvalue weighted by Crippen LogP contribution is 2.42. The van der Waals surface area contributed by atoms with Gasteiger partial charge in [0.25, 0.3) is 0 Å². The molecule has 0 unspecified atom stereocenters. The normalized spacial score (nSPS) is 16.8. The van der Waals surface area contributed by atoms with E-state index in [9.17, 15) is 0 Å². The molecule has 3 nitrogen and oxygen atoms in total. The molecule has 0 amide bonds. The molecule has 3 atom stereocenters. The number of hydrogen-bond donors (Lipinski definition) is 0. The molecule has 0 N–H and O–H groups in total. The Kier molecular flexibility index (Phi) is 13.2. The molecular formula is C30H62O3Si3. The van der Waals surface area contributed by atoms with Gasteiger partial charge in [-0.3, -0.25) is 0 Å². The molecule has 0 saturated heterocycles. The van der Waals surface area contributed by atoms with E-state index in [1.807, 2.05) is 6.08 Å². The molecule has 0 fully saturated rings. The molecule has 0 aromatic rings. The quantitative estimate of drug-likeness (QED) is 0.0925. The van der Waals surface area contributed by atoms with Gasteiger partial charge in [0, 0.05) is 18.9 Å². The molecule has 0 aliphatic carbocycles. The van der Waals surface area contributed by atoms with E-state index in [0.29, 0.717) is 6.42 Å². The van der Waals surface area contributed by atoms with E-state index < -0.39 is 25.0 Å². The average molecular weight is 555 g/mol. The summed E-state index contributed by atoms with van der Waals surface area (Å²) in [4.78, 5) is 0. The van der Waals surface area contributed by atoms with Crippen LogP contribution in [0.25, 0.3) is 0 Å². The minimum Gasteiger partial charge on any atom is -0.417 e. The summed E-state index contributed by atoms with van der Waals surface area (Å²) in [6.45, 7) is 39.6. The van der Waals surface area contributed by atoms with Crippen LogP contribution in [0, 0.1) is 18.3 Å². The predicted octanol–water partition coefficient (Wildman–Crippen LogP) is 9.78. The molecule has 212 valence electrons. The van der Waals surface area contributed by atoms with Crippen LogP contribution in [0.5, 0.6) is 0 Å². The maximum absolute atomic E-state index is 7.00. The van der Waals surface area contributed by atoms with Crippen molar-refractivity contribution in [3.63, 3.8) is 0 Å². The number of terminal acetylenes is 1. The Bertz CT molecular complexity index is 716. The molecule has 0 aromatic heterocycles. The molecule has 0 spiro atoms. The maximum Gasteiger partial charge on any atom is 0.192 e. The molecule has 36 heavy (non-hydrogen) atoms. The van der Waals surface area contributed by atoms with Crippen molar-refractivity contribution >= 4 is 25.0 Å². The molecule has 0 aliphatic rings. The number of unbranched alkanes of at least 4 members (excludes halogenated alkanes) is 1. The van der Waals surface area contributed by atoms with Crippen LogP contribution in [0.1, 0.15) is 88.0 Å². The SMILES string of the molecule is C#CC[C@@H](O[Si](C)(C)C(C)(C)C)[C@H](CCCCO[Si](C)(C)C(C)(C)C)[C@@H](C=C)O[Si](C)(C)C(C)(C)C. The van der Waals surface area contributed by atoms with Crippen molar-refractivity contribution in [3.05, 3.63) is 12.7 Å². The van der Waals surface area contributed by atoms with Crippen molar-refractivity contribution < 1.29 is 13.3 Å². The van der Waals surface area contributed by atoms with Crippen molar-refractivity contribution in [2.24, 2.45) is 5.92 Å². The van der Waals surface area contributed by atoms with Gasteiger partial charge in [0.1, 0.15) is 0 Å². The number of hydrogen-bond acceptors (Lipinski definition) is 3. The highest BCUT2D eigenvalue weighted by atomic mass is 28.4. The third-order valence-electron chi connectivity index (χ3n) is 9.14. The first-order valence-electron chi connectivity index (χ1n) is 14.0. The van der Waals surface area contributed by atoms with Crippen molar-refractivity contribution in [2.45, 2.75) is 155 Å². The summed E-state index contributed by atoms with van der Waals surface area (Å²) in [5.74, 6) is 3.11. The van der Waals surface area contributed by atoms with E-state index in [2.05, 4.69) is 114 Å². The van der Waals surface area contributed by atoms with Gasteiger partial charge in [0.2, 0.25) is 0 Å². The number of rotatable bonds is 14. The molecule has 0 aliphatic heterocycles. The van der Waals surface area contributed by atoms with E-state index in [-0.39, 0.29) is 33.2 Å². The summed E-state index contributed by atoms with van der Waals surface area (Å²) < 4.78 is 20.4. The average Bonchev–Trinajstić information content (AvgIpc) is 2.66. The second kappa shape index (κ2) is 13.3. The molecular weight excluding hydrogens is 493 g/mol. The highest BCUT2D eigenvalue weighted by Gasteiger charge is 2.44. The lowest BCUT2D eigenvalue weighted by atomic mass is 9.89. The van der Waals surface area contributed by atoms with Crippen LogP contribution in [0.15, 0.2) is 12.7 Å². The van der Waals surface area contributed by atoms with Gasteiger partial charge < -0.3 is 13.3 Å². The summed E-state index contributed by atoms with van der Waals surface area (Å²) in [6.07, 6.45) is 11.5. The first-order chi connectivity index (χ1) is 15.9. The molecule has 0 heterocycles. The van der Waals surface area contributed by atoms with E-state index in [1.165, 1.54) is 0 Å². The Balaban J connectivity index is 5.89. The largest absolute Gasteiger partial charge is 0.417 e. The van der Waals surface area contributed by atoms with Crippen LogP contribution in [0.3, 0.4) is 0 Å². The minimum atomic E-state index is -2.02. The smallest absolute Gasteiger partial charge is 0.192 e. The summed E-state index contributed by atoms with van der Waals surface area (Å²) in [7, 11) is -5.75. The Morgan fingerprint density at radius 2 is 1.19 bits per heavy atom. The van der Waals surface area contributed by atoms with Gasteiger partial charge in [-0.2, -0.15) is 0 Å². The Labute approximate surface area is 229 Å². The molecule has 0 bridgehead atoms. The molecule has 0 aromatic carbocycles. The zero-order valence-electron chi connectivity index (χ0n) is 26.9. The van der Waals surface area contributed by atoms with Gasteiger partial charge in [0.05, 0.1) is 12.2 Å². The highest BCUT2D eigenvalue weighted by molar-refractivity contribution is 6.75. The van der Waals surface area contributed by atoms with Gasteiger partial charge in [-0.05, 0) is 67.2 Å². The molecule has 6 heteroatoms. The monoisotopic (exact) mass is 554 g/mol. The van der Waals surface area contributed by atoms with Crippen LogP contribution in [-0.4, -0.2) is 43.8 Å². The third kappa shape index (κ3) is 10.5. The first kappa shape index (κ1) is 35.8. The molecule has 0 radical (unpaired) electrons. The van der Waals surface area contributed by atoms with Crippen molar-refractivity contribution in [1.29, 1.82) is 0 Å². The van der Waals surface area contributed by atoms with Gasteiger partial charge in [-0.15, -0.1) is 18.9 Å². The van der Waals surface area contributed by atoms with Crippen LogP contribution in [0.2, 0.25) is 54.4 Å². The van der Waals surface area contributed by atoms with Crippen LogP contribution < -0.4 is 0 Å². The van der Waals surface area contributed by atoms with E-state index in [0.717, 1.165) is 25.9 Å². The minimum absolute atomic E-state index is 0.0371. The summed E-state index contributed by atoms with van der Waals surface area (Å²) in [5.41, 5.74) is 0. The van der Waals surface area contributed by atoms with Crippen LogP contribution in [-0.2, 0) is 13.3 Å². The maximum atomic E-state index is 7.00. The van der Waals surface area contributed by atoms with Gasteiger partial charge >= 0.3 is 0 Å². The second-order valence-electron chi connectivity index (χ2n) is 15.2. The lowest BCUT2D eigenvalue weighted by molar-refractivity contribution is 0.0435. The fourth-order valence-electron chi connectivity index (χ4n) is 3.37. The molecule has 0 rings (SSSR count). The Morgan fingerprint density at radius 1 is 0.750 bits per heavy atom. The van der Waals surface area contributed by atoms with Crippen LogP contribution >= 0.6 is 0 Å². The predicted molar refractivity (Wildman–Crippen MR) is 168 cm³/mol. The fraction of sp³-hybridized carbons (Fsp3) is 0.867. The van der Waals surface area contributed by atoms with Gasteiger partial charge in [-0.1, -0.05) is 74.8 Å². The fourth-order valence-corrected chi connectivity index (χ4v) is 7.13. The Morgan fingerprint density at radius 3 is 1.58 bits per heavy atom. The Hall–Kier alpha value is -0.169.